The molecule has 4 nitrogen and oxygen atoms in total. The molecule has 0 bridgehead atoms. The Morgan fingerprint density at radius 2 is 1.79 bits per heavy atom. The van der Waals surface area contributed by atoms with Gasteiger partial charge in [0.15, 0.2) is 5.70 Å². The average molecular weight is 474 g/mol. The SMILES string of the molecule is C=C1N[C@H]2CSC(C(C)(C)C)[C@H]2N1.Cc1cc(C)n2c1C=C1C=CC(C(C)(C)C)=[N+]1[B-]2(F)F. The number of allylic oxidation sites excluding steroid dienone is 2. The molecular formula is C25H37BF2N4S. The Balaban J connectivity index is 0.000000172. The minimum Gasteiger partial charge on any atom is -0.394 e. The van der Waals surface area contributed by atoms with Gasteiger partial charge in [-0.15, -0.1) is 0 Å². The zero-order valence-electron chi connectivity index (χ0n) is 21.1. The molecule has 5 heterocycles. The molecule has 8 heteroatoms. The number of rotatable bonds is 0. The smallest absolute Gasteiger partial charge is 0.394 e. The molecule has 0 saturated carbocycles. The summed E-state index contributed by atoms with van der Waals surface area (Å²) in [6.07, 6.45) is 5.47. The fraction of sp³-hybridized carbons (Fsp3) is 0.560. The highest BCUT2D eigenvalue weighted by Gasteiger charge is 2.53. The Morgan fingerprint density at radius 1 is 1.12 bits per heavy atom. The summed E-state index contributed by atoms with van der Waals surface area (Å²) in [4.78, 5) is 0. The molecule has 1 unspecified atom stereocenters. The molecule has 0 amide bonds. The lowest BCUT2D eigenvalue weighted by molar-refractivity contribution is -0.365. The zero-order valence-corrected chi connectivity index (χ0v) is 21.9. The summed E-state index contributed by atoms with van der Waals surface area (Å²) in [5.41, 5.74) is 3.46. The third-order valence-electron chi connectivity index (χ3n) is 6.86. The van der Waals surface area contributed by atoms with Gasteiger partial charge in [-0.2, -0.15) is 11.8 Å². The average Bonchev–Trinajstić information content (AvgIpc) is 3.37. The fourth-order valence-electron chi connectivity index (χ4n) is 5.42. The summed E-state index contributed by atoms with van der Waals surface area (Å²) in [5, 5.41) is 7.54. The summed E-state index contributed by atoms with van der Waals surface area (Å²) < 4.78 is 32.5. The largest absolute Gasteiger partial charge is 0.737 e. The van der Waals surface area contributed by atoms with Crippen molar-refractivity contribution >= 4 is 30.5 Å². The predicted molar refractivity (Wildman–Crippen MR) is 138 cm³/mol. The van der Waals surface area contributed by atoms with Gasteiger partial charge in [-0.3, -0.25) is 0 Å². The normalized spacial score (nSPS) is 27.3. The maximum atomic E-state index is 15.1. The van der Waals surface area contributed by atoms with Crippen molar-refractivity contribution in [1.29, 1.82) is 0 Å². The first-order chi connectivity index (χ1) is 15.1. The molecule has 2 N–H and O–H groups in total. The molecule has 0 aromatic carbocycles. The first kappa shape index (κ1) is 24.2. The van der Waals surface area contributed by atoms with Crippen LogP contribution in [0.1, 0.15) is 58.5 Å². The van der Waals surface area contributed by atoms with Crippen molar-refractivity contribution in [2.75, 3.05) is 5.75 Å². The maximum Gasteiger partial charge on any atom is 0.737 e. The molecule has 180 valence electrons. The monoisotopic (exact) mass is 474 g/mol. The maximum absolute atomic E-state index is 15.1. The molecule has 4 aliphatic heterocycles. The van der Waals surface area contributed by atoms with Crippen LogP contribution in [0, 0.1) is 24.7 Å². The van der Waals surface area contributed by atoms with Crippen LogP contribution in [0.15, 0.2) is 36.3 Å². The van der Waals surface area contributed by atoms with Crippen molar-refractivity contribution in [2.24, 2.45) is 10.8 Å². The highest BCUT2D eigenvalue weighted by molar-refractivity contribution is 8.00. The van der Waals surface area contributed by atoms with Crippen LogP contribution < -0.4 is 10.6 Å². The van der Waals surface area contributed by atoms with E-state index in [0.717, 1.165) is 11.4 Å². The molecule has 1 aromatic heterocycles. The Kier molecular flexibility index (Phi) is 5.71. The van der Waals surface area contributed by atoms with Gasteiger partial charge in [0.05, 0.1) is 17.9 Å². The van der Waals surface area contributed by atoms with Crippen LogP contribution in [-0.4, -0.2) is 44.7 Å². The van der Waals surface area contributed by atoms with Gasteiger partial charge < -0.3 is 28.2 Å². The summed E-state index contributed by atoms with van der Waals surface area (Å²) in [6.45, 7) is 16.6. The van der Waals surface area contributed by atoms with Crippen molar-refractivity contribution in [3.8, 4) is 0 Å². The quantitative estimate of drug-likeness (QED) is 0.501. The molecule has 0 spiro atoms. The minimum absolute atomic E-state index is 0.315. The van der Waals surface area contributed by atoms with E-state index in [4.69, 9.17) is 0 Å². The summed E-state index contributed by atoms with van der Waals surface area (Å²) in [5.74, 6) is 2.21. The lowest BCUT2D eigenvalue weighted by Gasteiger charge is -2.32. The molecule has 1 aromatic rings. The summed E-state index contributed by atoms with van der Waals surface area (Å²) in [7, 11) is 0. The van der Waals surface area contributed by atoms with E-state index in [-0.39, 0.29) is 5.41 Å². The summed E-state index contributed by atoms with van der Waals surface area (Å²) in [6, 6.07) is 3.00. The van der Waals surface area contributed by atoms with E-state index < -0.39 is 6.97 Å². The molecular weight excluding hydrogens is 437 g/mol. The molecule has 33 heavy (non-hydrogen) atoms. The highest BCUT2D eigenvalue weighted by atomic mass is 32.2. The first-order valence-corrected chi connectivity index (χ1v) is 12.8. The number of nitrogens with one attached hydrogen (secondary N) is 2. The molecule has 2 saturated heterocycles. The van der Waals surface area contributed by atoms with Crippen LogP contribution in [0.3, 0.4) is 0 Å². The molecule has 4 aliphatic rings. The van der Waals surface area contributed by atoms with E-state index in [2.05, 4.69) is 49.7 Å². The molecule has 5 rings (SSSR count). The van der Waals surface area contributed by atoms with E-state index in [1.54, 1.807) is 13.0 Å². The fourth-order valence-corrected chi connectivity index (χ4v) is 7.09. The Hall–Kier alpha value is -1.96. The van der Waals surface area contributed by atoms with Crippen molar-refractivity contribution in [1.82, 2.24) is 15.1 Å². The first-order valence-electron chi connectivity index (χ1n) is 11.7. The van der Waals surface area contributed by atoms with Crippen LogP contribution in [0.4, 0.5) is 8.63 Å². The number of aryl methyl sites for hydroxylation is 2. The van der Waals surface area contributed by atoms with E-state index in [1.165, 1.54) is 14.7 Å². The standard InChI is InChI=1S/C15H19BF2N2.C10H18N2S/c1-10-8-11(2)19-13(10)9-12-6-7-14(15(3,4)5)20(12)16(19,17)18;1-6-11-7-5-13-9(8(7)12-6)10(2,3)4/h6-9H,1-5H3;7-9,11-12H,1,5H2,2-4H3/t;7-,8-,9?/m.0/s1. The lowest BCUT2D eigenvalue weighted by Crippen LogP contribution is -2.52. The van der Waals surface area contributed by atoms with Gasteiger partial charge in [-0.1, -0.05) is 48.1 Å². The van der Waals surface area contributed by atoms with E-state index in [0.29, 0.717) is 45.5 Å². The topological polar surface area (TPSA) is 32.0 Å². The van der Waals surface area contributed by atoms with Gasteiger partial charge >= 0.3 is 6.97 Å². The zero-order chi connectivity index (χ0) is 24.5. The number of thioether (sulfide) groups is 1. The second kappa shape index (κ2) is 7.79. The van der Waals surface area contributed by atoms with Crippen LogP contribution in [-0.2, 0) is 0 Å². The number of fused-ring (bicyclic) bond motifs is 3. The van der Waals surface area contributed by atoms with Gasteiger partial charge in [-0.05, 0) is 36.6 Å². The van der Waals surface area contributed by atoms with Crippen molar-refractivity contribution in [2.45, 2.75) is 72.7 Å². The van der Waals surface area contributed by atoms with Gasteiger partial charge in [0.2, 0.25) is 0 Å². The van der Waals surface area contributed by atoms with Crippen LogP contribution >= 0.6 is 11.8 Å². The number of hydrogen-bond acceptors (Lipinski definition) is 3. The lowest BCUT2D eigenvalue weighted by atomic mass is 9.85. The molecule has 3 atom stereocenters. The van der Waals surface area contributed by atoms with Gasteiger partial charge in [-0.25, -0.2) is 0 Å². The Morgan fingerprint density at radius 3 is 2.39 bits per heavy atom. The molecule has 0 aliphatic carbocycles. The Bertz CT molecular complexity index is 1090. The number of halogens is 2. The molecule has 2 fully saturated rings. The second-order valence-corrected chi connectivity index (χ2v) is 12.9. The second-order valence-electron chi connectivity index (χ2n) is 11.7. The predicted octanol–water partition coefficient (Wildman–Crippen LogP) is 5.30. The van der Waals surface area contributed by atoms with E-state index in [9.17, 15) is 0 Å². The minimum atomic E-state index is -3.83. The number of nitrogens with zero attached hydrogens (tertiary/aromatic N) is 2. The van der Waals surface area contributed by atoms with Gasteiger partial charge in [0, 0.05) is 40.3 Å². The summed E-state index contributed by atoms with van der Waals surface area (Å²) >= 11 is 2.08. The molecule has 0 radical (unpaired) electrons. The van der Waals surface area contributed by atoms with Crippen LogP contribution in [0.2, 0.25) is 0 Å². The number of hydrogen-bond donors (Lipinski definition) is 2. The van der Waals surface area contributed by atoms with E-state index in [1.807, 2.05) is 45.9 Å². The van der Waals surface area contributed by atoms with Gasteiger partial charge in [0.25, 0.3) is 0 Å². The third kappa shape index (κ3) is 4.09. The van der Waals surface area contributed by atoms with Crippen LogP contribution in [0.25, 0.3) is 6.08 Å². The highest BCUT2D eigenvalue weighted by Crippen LogP contribution is 2.41. The number of aromatic nitrogens is 1. The van der Waals surface area contributed by atoms with E-state index >= 15 is 8.63 Å². The van der Waals surface area contributed by atoms with Crippen molar-refractivity contribution < 1.29 is 13.1 Å². The van der Waals surface area contributed by atoms with Gasteiger partial charge in [0.1, 0.15) is 5.71 Å². The van der Waals surface area contributed by atoms with Crippen molar-refractivity contribution in [3.63, 3.8) is 0 Å². The van der Waals surface area contributed by atoms with Crippen LogP contribution in [0.5, 0.6) is 0 Å². The van der Waals surface area contributed by atoms with Crippen molar-refractivity contribution in [3.05, 3.63) is 53.3 Å². The Labute approximate surface area is 201 Å². The third-order valence-corrected chi connectivity index (χ3v) is 8.77.